The van der Waals surface area contributed by atoms with Crippen molar-refractivity contribution >= 4 is 23.3 Å². The summed E-state index contributed by atoms with van der Waals surface area (Å²) in [5.41, 5.74) is 1.27. The average molecular weight is 280 g/mol. The van der Waals surface area contributed by atoms with E-state index < -0.39 is 0 Å². The van der Waals surface area contributed by atoms with E-state index in [4.69, 9.17) is 16.3 Å². The first-order chi connectivity index (χ1) is 9.20. The van der Waals surface area contributed by atoms with E-state index in [1.54, 1.807) is 18.2 Å². The highest BCUT2D eigenvalue weighted by Gasteiger charge is 2.14. The molecule has 0 spiro atoms. The number of nitrogens with one attached hydrogen (secondary N) is 1. The monoisotopic (exact) mass is 279 g/mol. The first kappa shape index (κ1) is 13.9. The van der Waals surface area contributed by atoms with Crippen LogP contribution in [0.25, 0.3) is 0 Å². The van der Waals surface area contributed by atoms with Gasteiger partial charge in [0.25, 0.3) is 0 Å². The van der Waals surface area contributed by atoms with Gasteiger partial charge in [0, 0.05) is 11.6 Å². The predicted octanol–water partition coefficient (Wildman–Crippen LogP) is 3.89. The number of carbonyl (C=O) groups is 1. The average Bonchev–Trinajstić information content (AvgIpc) is 2.45. The Bertz CT molecular complexity index is 485. The molecule has 2 rings (SSSR count). The minimum atomic E-state index is -0.345. The summed E-state index contributed by atoms with van der Waals surface area (Å²) in [6.45, 7) is 0.842. The molecule has 1 aliphatic carbocycles. The standard InChI is InChI=1S/C15H18ClNO2/c1-19-15(18)13-8-7-12(16)9-14(13)17-10-11-5-3-2-4-6-11/h2-3,7-9,11,17H,4-6,10H2,1H3. The Morgan fingerprint density at radius 1 is 1.47 bits per heavy atom. The first-order valence-electron chi connectivity index (χ1n) is 6.47. The largest absolute Gasteiger partial charge is 0.465 e. The fraction of sp³-hybridized carbons (Fsp3) is 0.400. The Kier molecular flexibility index (Phi) is 4.86. The molecule has 1 atom stereocenters. The van der Waals surface area contributed by atoms with Gasteiger partial charge in [0.05, 0.1) is 18.4 Å². The number of hydrogen-bond donors (Lipinski definition) is 1. The number of carbonyl (C=O) groups excluding carboxylic acids is 1. The second-order valence-electron chi connectivity index (χ2n) is 4.71. The Hall–Kier alpha value is -1.48. The molecule has 0 saturated carbocycles. The zero-order chi connectivity index (χ0) is 13.7. The van der Waals surface area contributed by atoms with E-state index >= 15 is 0 Å². The third-order valence-electron chi connectivity index (χ3n) is 3.35. The van der Waals surface area contributed by atoms with Gasteiger partial charge in [0.2, 0.25) is 0 Å². The van der Waals surface area contributed by atoms with Gasteiger partial charge in [-0.25, -0.2) is 4.79 Å². The molecule has 0 saturated heterocycles. The van der Waals surface area contributed by atoms with Gasteiger partial charge in [-0.2, -0.15) is 0 Å². The second kappa shape index (κ2) is 6.62. The molecule has 0 amide bonds. The SMILES string of the molecule is COC(=O)c1ccc(Cl)cc1NCC1CC=CCC1. The topological polar surface area (TPSA) is 38.3 Å². The Balaban J connectivity index is 2.07. The van der Waals surface area contributed by atoms with Crippen LogP contribution in [0.1, 0.15) is 29.6 Å². The zero-order valence-electron chi connectivity index (χ0n) is 11.0. The van der Waals surface area contributed by atoms with Gasteiger partial charge in [-0.05, 0) is 43.4 Å². The number of esters is 1. The molecule has 3 nitrogen and oxygen atoms in total. The van der Waals surface area contributed by atoms with E-state index in [0.29, 0.717) is 16.5 Å². The fourth-order valence-corrected chi connectivity index (χ4v) is 2.42. The third-order valence-corrected chi connectivity index (χ3v) is 3.58. The minimum absolute atomic E-state index is 0.345. The quantitative estimate of drug-likeness (QED) is 0.671. The summed E-state index contributed by atoms with van der Waals surface area (Å²) in [5.74, 6) is 0.261. The van der Waals surface area contributed by atoms with Gasteiger partial charge < -0.3 is 10.1 Å². The molecule has 0 fully saturated rings. The van der Waals surface area contributed by atoms with Crippen LogP contribution in [0.3, 0.4) is 0 Å². The lowest BCUT2D eigenvalue weighted by Gasteiger charge is -2.20. The molecule has 1 N–H and O–H groups in total. The van der Waals surface area contributed by atoms with Crippen molar-refractivity contribution < 1.29 is 9.53 Å². The van der Waals surface area contributed by atoms with Crippen molar-refractivity contribution in [3.8, 4) is 0 Å². The number of benzene rings is 1. The zero-order valence-corrected chi connectivity index (χ0v) is 11.7. The Morgan fingerprint density at radius 2 is 2.32 bits per heavy atom. The van der Waals surface area contributed by atoms with Crippen LogP contribution in [0.4, 0.5) is 5.69 Å². The minimum Gasteiger partial charge on any atom is -0.465 e. The highest BCUT2D eigenvalue weighted by Crippen LogP contribution is 2.24. The van der Waals surface area contributed by atoms with E-state index in [1.165, 1.54) is 13.5 Å². The van der Waals surface area contributed by atoms with Crippen molar-refractivity contribution in [1.82, 2.24) is 0 Å². The lowest BCUT2D eigenvalue weighted by atomic mass is 9.94. The predicted molar refractivity (Wildman–Crippen MR) is 77.8 cm³/mol. The van der Waals surface area contributed by atoms with Gasteiger partial charge in [-0.15, -0.1) is 0 Å². The van der Waals surface area contributed by atoms with Crippen molar-refractivity contribution in [1.29, 1.82) is 0 Å². The summed E-state index contributed by atoms with van der Waals surface area (Å²) in [5, 5.41) is 3.93. The molecule has 0 aromatic heterocycles. The summed E-state index contributed by atoms with van der Waals surface area (Å²) in [4.78, 5) is 11.7. The van der Waals surface area contributed by atoms with Gasteiger partial charge in [0.1, 0.15) is 0 Å². The second-order valence-corrected chi connectivity index (χ2v) is 5.15. The molecule has 4 heteroatoms. The maximum absolute atomic E-state index is 11.7. The van der Waals surface area contributed by atoms with Crippen molar-refractivity contribution in [2.24, 2.45) is 5.92 Å². The summed E-state index contributed by atoms with van der Waals surface area (Å²) in [7, 11) is 1.38. The van der Waals surface area contributed by atoms with Crippen LogP contribution in [0.2, 0.25) is 5.02 Å². The molecule has 0 aliphatic heterocycles. The van der Waals surface area contributed by atoms with Crippen molar-refractivity contribution in [2.45, 2.75) is 19.3 Å². The number of rotatable bonds is 4. The maximum atomic E-state index is 11.7. The number of halogens is 1. The normalized spacial score (nSPS) is 18.1. The smallest absolute Gasteiger partial charge is 0.339 e. The molecule has 0 bridgehead atoms. The maximum Gasteiger partial charge on any atom is 0.339 e. The van der Waals surface area contributed by atoms with Gasteiger partial charge >= 0.3 is 5.97 Å². The fourth-order valence-electron chi connectivity index (χ4n) is 2.25. The van der Waals surface area contributed by atoms with Crippen LogP contribution in [0, 0.1) is 5.92 Å². The number of anilines is 1. The van der Waals surface area contributed by atoms with Crippen LogP contribution in [0.15, 0.2) is 30.4 Å². The number of ether oxygens (including phenoxy) is 1. The highest BCUT2D eigenvalue weighted by molar-refractivity contribution is 6.31. The molecule has 0 heterocycles. The number of hydrogen-bond acceptors (Lipinski definition) is 3. The van der Waals surface area contributed by atoms with Crippen LogP contribution in [-0.4, -0.2) is 19.6 Å². The van der Waals surface area contributed by atoms with Gasteiger partial charge in [0.15, 0.2) is 0 Å². The first-order valence-corrected chi connectivity index (χ1v) is 6.85. The van der Waals surface area contributed by atoms with Crippen molar-refractivity contribution in [3.05, 3.63) is 40.9 Å². The van der Waals surface area contributed by atoms with Crippen LogP contribution in [0.5, 0.6) is 0 Å². The molecular formula is C15H18ClNO2. The molecule has 1 aromatic rings. The number of methoxy groups -OCH3 is 1. The number of allylic oxidation sites excluding steroid dienone is 2. The summed E-state index contributed by atoms with van der Waals surface area (Å²) >= 11 is 5.98. The molecule has 102 valence electrons. The van der Waals surface area contributed by atoms with Crippen LogP contribution >= 0.6 is 11.6 Å². The molecule has 1 aliphatic rings. The molecule has 1 unspecified atom stereocenters. The lowest BCUT2D eigenvalue weighted by Crippen LogP contribution is -2.17. The molecule has 1 aromatic carbocycles. The van der Waals surface area contributed by atoms with Crippen LogP contribution < -0.4 is 5.32 Å². The summed E-state index contributed by atoms with van der Waals surface area (Å²) in [6.07, 6.45) is 7.83. The summed E-state index contributed by atoms with van der Waals surface area (Å²) in [6, 6.07) is 5.16. The summed E-state index contributed by atoms with van der Waals surface area (Å²) < 4.78 is 4.78. The molecule has 0 radical (unpaired) electrons. The molecular weight excluding hydrogens is 262 g/mol. The van der Waals surface area contributed by atoms with E-state index in [1.807, 2.05) is 0 Å². The van der Waals surface area contributed by atoms with E-state index in [0.717, 1.165) is 25.1 Å². The molecule has 19 heavy (non-hydrogen) atoms. The van der Waals surface area contributed by atoms with E-state index in [9.17, 15) is 4.79 Å². The van der Waals surface area contributed by atoms with E-state index in [-0.39, 0.29) is 5.97 Å². The highest BCUT2D eigenvalue weighted by atomic mass is 35.5. The van der Waals surface area contributed by atoms with Gasteiger partial charge in [-0.3, -0.25) is 0 Å². The van der Waals surface area contributed by atoms with E-state index in [2.05, 4.69) is 17.5 Å². The van der Waals surface area contributed by atoms with Crippen LogP contribution in [-0.2, 0) is 4.74 Å². The third kappa shape index (κ3) is 3.74. The Morgan fingerprint density at radius 3 is 3.00 bits per heavy atom. The van der Waals surface area contributed by atoms with Gasteiger partial charge in [-0.1, -0.05) is 23.8 Å². The van der Waals surface area contributed by atoms with Crippen molar-refractivity contribution in [3.63, 3.8) is 0 Å². The van der Waals surface area contributed by atoms with Crippen molar-refractivity contribution in [2.75, 3.05) is 19.0 Å². The Labute approximate surface area is 118 Å². The lowest BCUT2D eigenvalue weighted by molar-refractivity contribution is 0.0602.